The van der Waals surface area contributed by atoms with E-state index in [-0.39, 0.29) is 20.1 Å². The summed E-state index contributed by atoms with van der Waals surface area (Å²) in [6.07, 6.45) is 0. The maximum atomic E-state index is 13.5. The first-order chi connectivity index (χ1) is 8.79. The molecule has 0 aliphatic heterocycles. The minimum Gasteiger partial charge on any atom is -0.276 e. The molecule has 0 aliphatic carbocycles. The molecular formula is C10H7BrClFN2O2S2. The summed E-state index contributed by atoms with van der Waals surface area (Å²) in [6, 6.07) is 3.97. The molecule has 4 nitrogen and oxygen atoms in total. The van der Waals surface area contributed by atoms with Crippen LogP contribution in [0.1, 0.15) is 5.69 Å². The van der Waals surface area contributed by atoms with Gasteiger partial charge in [0.1, 0.15) is 5.82 Å². The van der Waals surface area contributed by atoms with Gasteiger partial charge in [-0.2, -0.15) is 0 Å². The van der Waals surface area contributed by atoms with Crippen molar-refractivity contribution in [1.82, 2.24) is 4.98 Å². The fraction of sp³-hybridized carbons (Fsp3) is 0.100. The molecule has 19 heavy (non-hydrogen) atoms. The summed E-state index contributed by atoms with van der Waals surface area (Å²) < 4.78 is 40.6. The lowest BCUT2D eigenvalue weighted by molar-refractivity contribution is 0.599. The van der Waals surface area contributed by atoms with E-state index >= 15 is 0 Å². The highest BCUT2D eigenvalue weighted by molar-refractivity contribution is 9.10. The zero-order chi connectivity index (χ0) is 14.2. The Morgan fingerprint density at radius 2 is 2.16 bits per heavy atom. The van der Waals surface area contributed by atoms with Gasteiger partial charge in [0.15, 0.2) is 8.68 Å². The maximum Gasteiger partial charge on any atom is 0.273 e. The standard InChI is InChI=1S/C10H7BrClFN2O2S2/c1-5-9(18-10(12)14-5)19(16,17)15-8-4-6(11)2-3-7(8)13/h2-4,15H,1H3. The number of nitrogens with zero attached hydrogens (tertiary/aromatic N) is 1. The second kappa shape index (κ2) is 5.35. The fourth-order valence-electron chi connectivity index (χ4n) is 1.37. The summed E-state index contributed by atoms with van der Waals surface area (Å²) in [7, 11) is -3.90. The van der Waals surface area contributed by atoms with Crippen molar-refractivity contribution in [1.29, 1.82) is 0 Å². The first kappa shape index (κ1) is 14.7. The predicted octanol–water partition coefficient (Wildman–Crippen LogP) is 3.81. The van der Waals surface area contributed by atoms with Gasteiger partial charge in [-0.25, -0.2) is 17.8 Å². The molecule has 0 unspecified atom stereocenters. The van der Waals surface area contributed by atoms with Crippen LogP contribution in [0.5, 0.6) is 0 Å². The van der Waals surface area contributed by atoms with Gasteiger partial charge in [-0.05, 0) is 25.1 Å². The van der Waals surface area contributed by atoms with Crippen LogP contribution in [0.3, 0.4) is 0 Å². The monoisotopic (exact) mass is 384 g/mol. The largest absolute Gasteiger partial charge is 0.276 e. The van der Waals surface area contributed by atoms with Crippen LogP contribution >= 0.6 is 38.9 Å². The molecule has 1 heterocycles. The predicted molar refractivity (Wildman–Crippen MR) is 76.8 cm³/mol. The van der Waals surface area contributed by atoms with Gasteiger partial charge in [-0.3, -0.25) is 4.72 Å². The van der Waals surface area contributed by atoms with E-state index in [1.165, 1.54) is 19.1 Å². The van der Waals surface area contributed by atoms with Gasteiger partial charge in [0.05, 0.1) is 11.4 Å². The van der Waals surface area contributed by atoms with E-state index in [9.17, 15) is 12.8 Å². The molecule has 0 atom stereocenters. The Balaban J connectivity index is 2.42. The molecule has 0 bridgehead atoms. The van der Waals surface area contributed by atoms with Crippen LogP contribution in [0.25, 0.3) is 0 Å². The van der Waals surface area contributed by atoms with E-state index in [2.05, 4.69) is 25.6 Å². The Bertz CT molecular complexity index is 733. The number of halogens is 3. The first-order valence-electron chi connectivity index (χ1n) is 4.90. The smallest absolute Gasteiger partial charge is 0.273 e. The van der Waals surface area contributed by atoms with Crippen molar-refractivity contribution >= 4 is 54.6 Å². The number of benzene rings is 1. The van der Waals surface area contributed by atoms with E-state index in [4.69, 9.17) is 11.6 Å². The number of aromatic nitrogens is 1. The molecule has 9 heteroatoms. The molecule has 2 aromatic rings. The molecule has 1 N–H and O–H groups in total. The number of hydrogen-bond donors (Lipinski definition) is 1. The second-order valence-corrected chi connectivity index (χ2v) is 7.94. The van der Waals surface area contributed by atoms with Gasteiger partial charge in [-0.1, -0.05) is 38.9 Å². The Morgan fingerprint density at radius 1 is 1.47 bits per heavy atom. The highest BCUT2D eigenvalue weighted by Gasteiger charge is 2.22. The highest BCUT2D eigenvalue weighted by atomic mass is 79.9. The van der Waals surface area contributed by atoms with Crippen LogP contribution in [0, 0.1) is 12.7 Å². The first-order valence-corrected chi connectivity index (χ1v) is 8.37. The average molecular weight is 386 g/mol. The summed E-state index contributed by atoms with van der Waals surface area (Å²) in [6.45, 7) is 1.52. The molecule has 0 saturated heterocycles. The van der Waals surface area contributed by atoms with Crippen LogP contribution in [0.2, 0.25) is 4.47 Å². The van der Waals surface area contributed by atoms with E-state index in [0.29, 0.717) is 4.47 Å². The highest BCUT2D eigenvalue weighted by Crippen LogP contribution is 2.29. The van der Waals surface area contributed by atoms with Crippen molar-refractivity contribution in [3.8, 4) is 0 Å². The molecule has 1 aromatic heterocycles. The van der Waals surface area contributed by atoms with E-state index in [1.807, 2.05) is 0 Å². The summed E-state index contributed by atoms with van der Waals surface area (Å²) in [4.78, 5) is 3.82. The Hall–Kier alpha value is -0.700. The number of aryl methyl sites for hydroxylation is 1. The number of anilines is 1. The molecule has 0 saturated carbocycles. The third-order valence-corrected chi connectivity index (χ3v) is 5.87. The third kappa shape index (κ3) is 3.25. The number of nitrogens with one attached hydrogen (secondary N) is 1. The fourth-order valence-corrected chi connectivity index (χ4v) is 4.53. The van der Waals surface area contributed by atoms with Crippen molar-refractivity contribution in [2.24, 2.45) is 0 Å². The summed E-state index contributed by atoms with van der Waals surface area (Å²) in [5.74, 6) is -0.667. The number of hydrogen-bond acceptors (Lipinski definition) is 4. The molecule has 2 rings (SSSR count). The van der Waals surface area contributed by atoms with Crippen molar-refractivity contribution in [3.05, 3.63) is 38.6 Å². The minimum absolute atomic E-state index is 0.0307. The topological polar surface area (TPSA) is 59.1 Å². The van der Waals surface area contributed by atoms with Crippen molar-refractivity contribution < 1.29 is 12.8 Å². The zero-order valence-electron chi connectivity index (χ0n) is 9.45. The van der Waals surface area contributed by atoms with Crippen LogP contribution in [-0.2, 0) is 10.0 Å². The van der Waals surface area contributed by atoms with Crippen LogP contribution in [0.15, 0.2) is 26.9 Å². The van der Waals surface area contributed by atoms with Crippen molar-refractivity contribution in [2.45, 2.75) is 11.1 Å². The lowest BCUT2D eigenvalue weighted by atomic mass is 10.3. The van der Waals surface area contributed by atoms with Crippen molar-refractivity contribution in [3.63, 3.8) is 0 Å². The van der Waals surface area contributed by atoms with E-state index < -0.39 is 15.8 Å². The number of thiazole rings is 1. The summed E-state index contributed by atoms with van der Waals surface area (Å²) in [5.41, 5.74) is 0.135. The molecule has 0 amide bonds. The molecular weight excluding hydrogens is 379 g/mol. The molecule has 0 spiro atoms. The van der Waals surface area contributed by atoms with Gasteiger partial charge in [0, 0.05) is 4.47 Å². The maximum absolute atomic E-state index is 13.5. The summed E-state index contributed by atoms with van der Waals surface area (Å²) in [5, 5.41) is 0. The lowest BCUT2D eigenvalue weighted by Crippen LogP contribution is -2.13. The van der Waals surface area contributed by atoms with Gasteiger partial charge in [-0.15, -0.1) is 0 Å². The van der Waals surface area contributed by atoms with Crippen molar-refractivity contribution in [2.75, 3.05) is 4.72 Å². The lowest BCUT2D eigenvalue weighted by Gasteiger charge is -2.08. The number of rotatable bonds is 3. The Labute approximate surface area is 126 Å². The molecule has 0 fully saturated rings. The summed E-state index contributed by atoms with van der Waals surface area (Å²) >= 11 is 9.63. The van der Waals surface area contributed by atoms with Crippen LogP contribution in [-0.4, -0.2) is 13.4 Å². The average Bonchev–Trinajstić information content (AvgIpc) is 2.63. The van der Waals surface area contributed by atoms with E-state index in [0.717, 1.165) is 17.4 Å². The normalized spacial score (nSPS) is 11.6. The van der Waals surface area contributed by atoms with Gasteiger partial charge >= 0.3 is 0 Å². The quantitative estimate of drug-likeness (QED) is 0.874. The van der Waals surface area contributed by atoms with Gasteiger partial charge in [0.25, 0.3) is 10.0 Å². The van der Waals surface area contributed by atoms with E-state index in [1.54, 1.807) is 0 Å². The molecule has 0 aliphatic rings. The van der Waals surface area contributed by atoms with Crippen LogP contribution in [0.4, 0.5) is 10.1 Å². The molecule has 102 valence electrons. The second-order valence-electron chi connectivity index (χ2n) is 3.57. The van der Waals surface area contributed by atoms with Crippen LogP contribution < -0.4 is 4.72 Å². The van der Waals surface area contributed by atoms with Gasteiger partial charge in [0.2, 0.25) is 0 Å². The third-order valence-electron chi connectivity index (χ3n) is 2.14. The Kier molecular flexibility index (Phi) is 4.14. The minimum atomic E-state index is -3.90. The number of sulfonamides is 1. The SMILES string of the molecule is Cc1nc(Cl)sc1S(=O)(=O)Nc1cc(Br)ccc1F. The Morgan fingerprint density at radius 3 is 2.74 bits per heavy atom. The van der Waals surface area contributed by atoms with Gasteiger partial charge < -0.3 is 0 Å². The zero-order valence-corrected chi connectivity index (χ0v) is 13.4. The molecule has 1 aromatic carbocycles. The molecule has 0 radical (unpaired) electrons.